The largest absolute Gasteiger partial charge is 0.484 e. The van der Waals surface area contributed by atoms with Gasteiger partial charge in [-0.05, 0) is 38.3 Å². The lowest BCUT2D eigenvalue weighted by Gasteiger charge is -2.28. The fraction of sp³-hybridized carbons (Fsp3) is 0.619. The molecule has 0 N–H and O–H groups in total. The monoisotopic (exact) mass is 358 g/mol. The van der Waals surface area contributed by atoms with Crippen molar-refractivity contribution >= 4 is 11.8 Å². The van der Waals surface area contributed by atoms with E-state index in [1.54, 1.807) is 0 Å². The molecule has 1 aromatic rings. The Hall–Kier alpha value is -2.04. The van der Waals surface area contributed by atoms with E-state index in [0.29, 0.717) is 31.3 Å². The maximum atomic E-state index is 12.7. The highest BCUT2D eigenvalue weighted by atomic mass is 16.5. The first-order chi connectivity index (χ1) is 12.6. The van der Waals surface area contributed by atoms with Crippen LogP contribution in [0.3, 0.4) is 0 Å². The molecule has 0 bridgehead atoms. The zero-order valence-electron chi connectivity index (χ0n) is 15.8. The molecule has 26 heavy (non-hydrogen) atoms. The molecule has 2 aliphatic rings. The van der Waals surface area contributed by atoms with Gasteiger partial charge in [0.2, 0.25) is 5.91 Å². The van der Waals surface area contributed by atoms with Crippen LogP contribution in [0.15, 0.2) is 24.3 Å². The molecule has 142 valence electrons. The highest BCUT2D eigenvalue weighted by Gasteiger charge is 2.28. The van der Waals surface area contributed by atoms with Crippen LogP contribution < -0.4 is 4.74 Å². The average Bonchev–Trinajstić information content (AvgIpc) is 2.94. The fourth-order valence-corrected chi connectivity index (χ4v) is 3.87. The number of carbonyl (C=O) groups excluding carboxylic acids is 2. The van der Waals surface area contributed by atoms with Crippen molar-refractivity contribution in [1.82, 2.24) is 9.80 Å². The zero-order chi connectivity index (χ0) is 18.4. The Labute approximate surface area is 156 Å². The Morgan fingerprint density at radius 2 is 1.58 bits per heavy atom. The predicted molar refractivity (Wildman–Crippen MR) is 101 cm³/mol. The molecular formula is C21H30N2O3. The van der Waals surface area contributed by atoms with Crippen LogP contribution in [0.5, 0.6) is 5.75 Å². The molecule has 2 amide bonds. The van der Waals surface area contributed by atoms with Crippen LogP contribution in [0, 0.1) is 12.8 Å². The molecule has 0 unspecified atom stereocenters. The minimum atomic E-state index is -0.00228. The van der Waals surface area contributed by atoms with E-state index in [2.05, 4.69) is 0 Å². The van der Waals surface area contributed by atoms with Crippen LogP contribution in [0.4, 0.5) is 0 Å². The van der Waals surface area contributed by atoms with Gasteiger partial charge in [0, 0.05) is 32.1 Å². The molecule has 0 atom stereocenters. The van der Waals surface area contributed by atoms with Crippen LogP contribution in [-0.2, 0) is 9.59 Å². The number of ether oxygens (including phenoxy) is 1. The molecule has 0 radical (unpaired) electrons. The first kappa shape index (κ1) is 18.7. The third-order valence-corrected chi connectivity index (χ3v) is 5.50. The average molecular weight is 358 g/mol. The Morgan fingerprint density at radius 3 is 2.31 bits per heavy atom. The van der Waals surface area contributed by atoms with Gasteiger partial charge in [-0.2, -0.15) is 0 Å². The van der Waals surface area contributed by atoms with Crippen molar-refractivity contribution in [3.05, 3.63) is 29.8 Å². The Morgan fingerprint density at radius 1 is 0.923 bits per heavy atom. The van der Waals surface area contributed by atoms with E-state index in [-0.39, 0.29) is 18.4 Å². The molecule has 0 aromatic heterocycles. The number of hydrogen-bond acceptors (Lipinski definition) is 3. The Kier molecular flexibility index (Phi) is 6.53. The lowest BCUT2D eigenvalue weighted by atomic mass is 9.88. The summed E-state index contributed by atoms with van der Waals surface area (Å²) in [5, 5.41) is 0. The molecule has 5 heteroatoms. The van der Waals surface area contributed by atoms with Crippen molar-refractivity contribution in [3.63, 3.8) is 0 Å². The second-order valence-electron chi connectivity index (χ2n) is 7.50. The Bertz CT molecular complexity index is 608. The van der Waals surface area contributed by atoms with Gasteiger partial charge < -0.3 is 14.5 Å². The summed E-state index contributed by atoms with van der Waals surface area (Å²) in [4.78, 5) is 29.0. The van der Waals surface area contributed by atoms with E-state index in [1.165, 1.54) is 24.8 Å². The van der Waals surface area contributed by atoms with Crippen molar-refractivity contribution in [2.24, 2.45) is 5.92 Å². The highest BCUT2D eigenvalue weighted by Crippen LogP contribution is 2.25. The molecule has 1 saturated heterocycles. The third kappa shape index (κ3) is 4.99. The Balaban J connectivity index is 1.47. The number of carbonyl (C=O) groups is 2. The number of nitrogens with zero attached hydrogens (tertiary/aromatic N) is 2. The van der Waals surface area contributed by atoms with Crippen molar-refractivity contribution in [2.45, 2.75) is 45.4 Å². The molecule has 3 rings (SSSR count). The quantitative estimate of drug-likeness (QED) is 0.831. The summed E-state index contributed by atoms with van der Waals surface area (Å²) in [6.07, 6.45) is 6.50. The van der Waals surface area contributed by atoms with E-state index in [4.69, 9.17) is 4.74 Å². The molecular weight excluding hydrogens is 328 g/mol. The van der Waals surface area contributed by atoms with Gasteiger partial charge in [-0.1, -0.05) is 37.0 Å². The van der Waals surface area contributed by atoms with Crippen LogP contribution >= 0.6 is 0 Å². The number of benzene rings is 1. The van der Waals surface area contributed by atoms with Crippen LogP contribution in [0.1, 0.15) is 44.1 Å². The number of amides is 2. The van der Waals surface area contributed by atoms with E-state index in [0.717, 1.165) is 25.8 Å². The fourth-order valence-electron chi connectivity index (χ4n) is 3.87. The van der Waals surface area contributed by atoms with Gasteiger partial charge in [0.05, 0.1) is 0 Å². The van der Waals surface area contributed by atoms with Gasteiger partial charge in [0.25, 0.3) is 5.91 Å². The van der Waals surface area contributed by atoms with Gasteiger partial charge >= 0.3 is 0 Å². The van der Waals surface area contributed by atoms with E-state index in [1.807, 2.05) is 41.0 Å². The van der Waals surface area contributed by atoms with Crippen molar-refractivity contribution in [3.8, 4) is 5.75 Å². The van der Waals surface area contributed by atoms with E-state index in [9.17, 15) is 9.59 Å². The first-order valence-corrected chi connectivity index (χ1v) is 9.89. The van der Waals surface area contributed by atoms with Crippen molar-refractivity contribution in [1.29, 1.82) is 0 Å². The summed E-state index contributed by atoms with van der Waals surface area (Å²) in [5.41, 5.74) is 1.17. The summed E-state index contributed by atoms with van der Waals surface area (Å²) < 4.78 is 5.61. The van der Waals surface area contributed by atoms with Gasteiger partial charge in [-0.3, -0.25) is 9.59 Å². The maximum Gasteiger partial charge on any atom is 0.260 e. The standard InChI is InChI=1S/C21H30N2O3/c1-17-8-10-19(11-9-17)26-16-20(24)22-12-5-13-23(15-14-22)21(25)18-6-3-2-4-7-18/h8-11,18H,2-7,12-16H2,1H3. The maximum absolute atomic E-state index is 12.7. The van der Waals surface area contributed by atoms with Crippen LogP contribution in [-0.4, -0.2) is 54.4 Å². The highest BCUT2D eigenvalue weighted by molar-refractivity contribution is 5.80. The molecule has 1 saturated carbocycles. The van der Waals surface area contributed by atoms with Crippen molar-refractivity contribution in [2.75, 3.05) is 32.8 Å². The smallest absolute Gasteiger partial charge is 0.260 e. The van der Waals surface area contributed by atoms with Crippen LogP contribution in [0.2, 0.25) is 0 Å². The van der Waals surface area contributed by atoms with E-state index < -0.39 is 0 Å². The number of hydrogen-bond donors (Lipinski definition) is 0. The second-order valence-corrected chi connectivity index (χ2v) is 7.50. The van der Waals surface area contributed by atoms with Crippen LogP contribution in [0.25, 0.3) is 0 Å². The second kappa shape index (κ2) is 9.06. The minimum Gasteiger partial charge on any atom is -0.484 e. The predicted octanol–water partition coefficient (Wildman–Crippen LogP) is 3.02. The van der Waals surface area contributed by atoms with Crippen molar-refractivity contribution < 1.29 is 14.3 Å². The summed E-state index contributed by atoms with van der Waals surface area (Å²) in [6.45, 7) is 4.79. The van der Waals surface area contributed by atoms with Gasteiger partial charge in [0.1, 0.15) is 5.75 Å². The SMILES string of the molecule is Cc1ccc(OCC(=O)N2CCCN(C(=O)C3CCCCC3)CC2)cc1. The molecule has 0 spiro atoms. The topological polar surface area (TPSA) is 49.9 Å². The molecule has 1 heterocycles. The summed E-state index contributed by atoms with van der Waals surface area (Å²) in [5.74, 6) is 1.22. The zero-order valence-corrected chi connectivity index (χ0v) is 15.8. The summed E-state index contributed by atoms with van der Waals surface area (Å²) in [7, 11) is 0. The van der Waals surface area contributed by atoms with Gasteiger partial charge in [0.15, 0.2) is 6.61 Å². The molecule has 1 aromatic carbocycles. The van der Waals surface area contributed by atoms with Gasteiger partial charge in [-0.25, -0.2) is 0 Å². The van der Waals surface area contributed by atoms with Gasteiger partial charge in [-0.15, -0.1) is 0 Å². The molecule has 1 aliphatic carbocycles. The minimum absolute atomic E-state index is 0.00228. The normalized spacial score (nSPS) is 19.1. The first-order valence-electron chi connectivity index (χ1n) is 9.89. The third-order valence-electron chi connectivity index (χ3n) is 5.50. The molecule has 2 fully saturated rings. The lowest BCUT2D eigenvalue weighted by Crippen LogP contribution is -2.41. The number of aryl methyl sites for hydroxylation is 1. The summed E-state index contributed by atoms with van der Waals surface area (Å²) in [6, 6.07) is 7.71. The summed E-state index contributed by atoms with van der Waals surface area (Å²) >= 11 is 0. The lowest BCUT2D eigenvalue weighted by molar-refractivity contribution is -0.137. The molecule has 1 aliphatic heterocycles. The number of rotatable bonds is 4. The molecule has 5 nitrogen and oxygen atoms in total. The van der Waals surface area contributed by atoms with E-state index >= 15 is 0 Å².